The number of nitrogens with zero attached hydrogens (tertiary/aromatic N) is 6. The first-order valence-electron chi connectivity index (χ1n) is 8.54. The molecule has 1 N–H and O–H groups in total. The second-order valence-electron chi connectivity index (χ2n) is 6.23. The molecule has 0 spiro atoms. The fourth-order valence-corrected chi connectivity index (χ4v) is 4.60. The van der Waals surface area contributed by atoms with Crippen LogP contribution in [0.3, 0.4) is 0 Å². The molecule has 1 atom stereocenters. The molecule has 0 saturated carbocycles. The van der Waals surface area contributed by atoms with E-state index >= 15 is 0 Å². The minimum Gasteiger partial charge on any atom is -0.480 e. The summed E-state index contributed by atoms with van der Waals surface area (Å²) in [5.41, 5.74) is 1.09. The van der Waals surface area contributed by atoms with E-state index in [0.717, 1.165) is 21.8 Å². The standard InChI is InChI=1S/C18H12N6O3S2/c25-16-14(29-18-20-15(22-24(16)18)10-3-5-19-6-4-10)9-23-12(17(26)27)8-11(21-23)13-2-1-7-28-13/h1-7,9,12H,8H2,(H,26,27)/b14-9-. The quantitative estimate of drug-likeness (QED) is 0.525. The maximum atomic E-state index is 12.8. The number of hydrogen-bond acceptors (Lipinski definition) is 9. The number of rotatable bonds is 4. The zero-order valence-corrected chi connectivity index (χ0v) is 16.3. The summed E-state index contributed by atoms with van der Waals surface area (Å²) in [6, 6.07) is 6.45. The second kappa shape index (κ2) is 6.87. The van der Waals surface area contributed by atoms with E-state index in [4.69, 9.17) is 0 Å². The largest absolute Gasteiger partial charge is 0.480 e. The summed E-state index contributed by atoms with van der Waals surface area (Å²) in [5.74, 6) is -0.562. The van der Waals surface area contributed by atoms with E-state index in [2.05, 4.69) is 20.2 Å². The summed E-state index contributed by atoms with van der Waals surface area (Å²) in [6.45, 7) is 0. The number of hydrazone groups is 1. The summed E-state index contributed by atoms with van der Waals surface area (Å²) in [6.07, 6.45) is 5.00. The molecule has 5 rings (SSSR count). The highest BCUT2D eigenvalue weighted by Gasteiger charge is 2.32. The molecule has 9 nitrogen and oxygen atoms in total. The average Bonchev–Trinajstić information content (AvgIpc) is 3.49. The maximum Gasteiger partial charge on any atom is 0.328 e. The Hall–Kier alpha value is -3.44. The van der Waals surface area contributed by atoms with Crippen LogP contribution in [-0.4, -0.2) is 47.4 Å². The van der Waals surface area contributed by atoms with Crippen LogP contribution < -0.4 is 10.1 Å². The predicted molar refractivity (Wildman–Crippen MR) is 109 cm³/mol. The Morgan fingerprint density at radius 3 is 2.79 bits per heavy atom. The number of hydrogen-bond donors (Lipinski definition) is 1. The first-order chi connectivity index (χ1) is 14.1. The van der Waals surface area contributed by atoms with Crippen molar-refractivity contribution >= 4 is 45.5 Å². The molecule has 1 aliphatic heterocycles. The molecule has 144 valence electrons. The Balaban J connectivity index is 1.55. The van der Waals surface area contributed by atoms with Gasteiger partial charge >= 0.3 is 5.97 Å². The molecule has 11 heteroatoms. The summed E-state index contributed by atoms with van der Waals surface area (Å²) < 4.78 is 1.55. The van der Waals surface area contributed by atoms with Crippen LogP contribution >= 0.6 is 22.7 Å². The van der Waals surface area contributed by atoms with Crippen LogP contribution in [0.4, 0.5) is 0 Å². The number of carbonyl (C=O) groups is 1. The van der Waals surface area contributed by atoms with Crippen LogP contribution in [0, 0.1) is 0 Å². The Labute approximate surface area is 170 Å². The number of aliphatic carboxylic acids is 1. The summed E-state index contributed by atoms with van der Waals surface area (Å²) in [7, 11) is 0. The summed E-state index contributed by atoms with van der Waals surface area (Å²) in [4.78, 5) is 34.1. The fraction of sp³-hybridized carbons (Fsp3) is 0.111. The van der Waals surface area contributed by atoms with Crippen LogP contribution in [0.5, 0.6) is 0 Å². The van der Waals surface area contributed by atoms with Gasteiger partial charge in [-0.1, -0.05) is 17.4 Å². The third-order valence-corrected chi connectivity index (χ3v) is 6.27. The van der Waals surface area contributed by atoms with Crippen molar-refractivity contribution in [2.24, 2.45) is 5.10 Å². The first-order valence-corrected chi connectivity index (χ1v) is 10.2. The van der Waals surface area contributed by atoms with E-state index in [1.54, 1.807) is 24.5 Å². The average molecular weight is 424 g/mol. The molecular formula is C18H12N6O3S2. The Kier molecular flexibility index (Phi) is 4.18. The van der Waals surface area contributed by atoms with Gasteiger partial charge in [0.1, 0.15) is 4.53 Å². The van der Waals surface area contributed by atoms with Crippen molar-refractivity contribution in [1.82, 2.24) is 24.6 Å². The fourth-order valence-electron chi connectivity index (χ4n) is 3.01. The van der Waals surface area contributed by atoms with Gasteiger partial charge in [-0.3, -0.25) is 14.8 Å². The summed E-state index contributed by atoms with van der Waals surface area (Å²) >= 11 is 2.64. The molecular weight excluding hydrogens is 412 g/mol. The molecule has 1 unspecified atom stereocenters. The molecule has 0 radical (unpaired) electrons. The van der Waals surface area contributed by atoms with Crippen LogP contribution in [0.1, 0.15) is 11.3 Å². The van der Waals surface area contributed by atoms with Crippen molar-refractivity contribution in [3.8, 4) is 11.4 Å². The second-order valence-corrected chi connectivity index (χ2v) is 8.19. The van der Waals surface area contributed by atoms with Gasteiger partial charge in [0.15, 0.2) is 11.9 Å². The van der Waals surface area contributed by atoms with Gasteiger partial charge in [0, 0.05) is 30.6 Å². The van der Waals surface area contributed by atoms with Crippen LogP contribution in [-0.2, 0) is 4.79 Å². The molecule has 0 saturated heterocycles. The molecule has 29 heavy (non-hydrogen) atoms. The Morgan fingerprint density at radius 1 is 1.28 bits per heavy atom. The van der Waals surface area contributed by atoms with Gasteiger partial charge in [-0.15, -0.1) is 16.4 Å². The van der Waals surface area contributed by atoms with Crippen molar-refractivity contribution in [3.05, 3.63) is 61.8 Å². The Morgan fingerprint density at radius 2 is 2.10 bits per heavy atom. The number of pyridine rings is 1. The molecule has 0 aromatic carbocycles. The molecule has 4 aromatic rings. The topological polar surface area (TPSA) is 113 Å². The van der Waals surface area contributed by atoms with E-state index in [0.29, 0.717) is 21.0 Å². The number of fused-ring (bicyclic) bond motifs is 1. The molecule has 4 aromatic heterocycles. The van der Waals surface area contributed by atoms with Crippen LogP contribution in [0.25, 0.3) is 22.5 Å². The third kappa shape index (κ3) is 3.09. The SMILES string of the molecule is O=C(O)C1CC(c2cccs2)=NN1/C=c1\sc2nc(-c3ccncc3)nn2c1=O. The van der Waals surface area contributed by atoms with E-state index in [1.165, 1.54) is 27.1 Å². The number of aromatic nitrogens is 4. The predicted octanol–water partition coefficient (Wildman–Crippen LogP) is 1.29. The Bertz CT molecular complexity index is 1340. The zero-order chi connectivity index (χ0) is 20.0. The van der Waals surface area contributed by atoms with Gasteiger partial charge in [-0.05, 0) is 23.6 Å². The van der Waals surface area contributed by atoms with E-state index < -0.39 is 12.0 Å². The number of carboxylic acid groups (broad SMARTS) is 1. The first kappa shape index (κ1) is 17.6. The van der Waals surface area contributed by atoms with E-state index in [-0.39, 0.29) is 12.0 Å². The molecule has 0 amide bonds. The van der Waals surface area contributed by atoms with E-state index in [1.807, 2.05) is 17.5 Å². The van der Waals surface area contributed by atoms with Gasteiger partial charge in [-0.25, -0.2) is 4.79 Å². The van der Waals surface area contributed by atoms with Crippen LogP contribution in [0.2, 0.25) is 0 Å². The third-order valence-electron chi connectivity index (χ3n) is 4.40. The van der Waals surface area contributed by atoms with Crippen molar-refractivity contribution in [3.63, 3.8) is 0 Å². The lowest BCUT2D eigenvalue weighted by molar-refractivity contribution is -0.141. The molecule has 5 heterocycles. The van der Waals surface area contributed by atoms with Gasteiger partial charge in [0.25, 0.3) is 5.56 Å². The summed E-state index contributed by atoms with van der Waals surface area (Å²) in [5, 5.41) is 21.5. The minimum absolute atomic E-state index is 0.271. The molecule has 0 bridgehead atoms. The monoisotopic (exact) mass is 424 g/mol. The van der Waals surface area contributed by atoms with Gasteiger partial charge in [-0.2, -0.15) is 14.6 Å². The van der Waals surface area contributed by atoms with Crippen molar-refractivity contribution in [2.75, 3.05) is 0 Å². The van der Waals surface area contributed by atoms with Crippen molar-refractivity contribution < 1.29 is 9.90 Å². The van der Waals surface area contributed by atoms with Crippen molar-refractivity contribution in [1.29, 1.82) is 0 Å². The lowest BCUT2D eigenvalue weighted by atomic mass is 10.1. The minimum atomic E-state index is -0.997. The normalized spacial score (nSPS) is 17.2. The van der Waals surface area contributed by atoms with Crippen LogP contribution in [0.15, 0.2) is 51.9 Å². The highest BCUT2D eigenvalue weighted by molar-refractivity contribution is 7.15. The molecule has 1 aliphatic rings. The highest BCUT2D eigenvalue weighted by Crippen LogP contribution is 2.23. The van der Waals surface area contributed by atoms with Gasteiger partial charge in [0.2, 0.25) is 4.96 Å². The van der Waals surface area contributed by atoms with Crippen molar-refractivity contribution in [2.45, 2.75) is 12.5 Å². The van der Waals surface area contributed by atoms with E-state index in [9.17, 15) is 14.7 Å². The number of thiazole rings is 1. The number of thiophene rings is 1. The molecule has 0 fully saturated rings. The zero-order valence-electron chi connectivity index (χ0n) is 14.7. The number of carboxylic acids is 1. The highest BCUT2D eigenvalue weighted by atomic mass is 32.1. The van der Waals surface area contributed by atoms with Gasteiger partial charge in [0.05, 0.1) is 10.6 Å². The maximum absolute atomic E-state index is 12.8. The lowest BCUT2D eigenvalue weighted by Gasteiger charge is -2.14. The molecule has 0 aliphatic carbocycles. The smallest absolute Gasteiger partial charge is 0.328 e. The lowest BCUT2D eigenvalue weighted by Crippen LogP contribution is -2.34. The van der Waals surface area contributed by atoms with Gasteiger partial charge < -0.3 is 5.11 Å².